The highest BCUT2D eigenvalue weighted by Crippen LogP contribution is 2.24. The number of aromatic nitrogens is 1. The average Bonchev–Trinajstić information content (AvgIpc) is 2.74. The van der Waals surface area contributed by atoms with Crippen molar-refractivity contribution in [1.29, 1.82) is 0 Å². The summed E-state index contributed by atoms with van der Waals surface area (Å²) >= 11 is 0. The van der Waals surface area contributed by atoms with E-state index >= 15 is 0 Å². The number of hydrogen-bond acceptors (Lipinski definition) is 5. The largest absolute Gasteiger partial charge is 0.423 e. The zero-order valence-electron chi connectivity index (χ0n) is 9.48. The first-order valence-corrected chi connectivity index (χ1v) is 5.82. The van der Waals surface area contributed by atoms with E-state index in [9.17, 15) is 0 Å². The third-order valence-corrected chi connectivity index (χ3v) is 3.00. The summed E-state index contributed by atoms with van der Waals surface area (Å²) in [5.74, 6) is 0. The minimum Gasteiger partial charge on any atom is -0.423 e. The van der Waals surface area contributed by atoms with Crippen LogP contribution in [0.4, 0.5) is 11.7 Å². The maximum atomic E-state index is 5.83. The zero-order chi connectivity index (χ0) is 11.7. The molecule has 1 aromatic heterocycles. The van der Waals surface area contributed by atoms with Crippen LogP contribution in [0, 0.1) is 0 Å². The van der Waals surface area contributed by atoms with Crippen molar-refractivity contribution in [2.45, 2.75) is 18.9 Å². The normalized spacial score (nSPS) is 17.4. The Hall–Kier alpha value is -1.75. The lowest BCUT2D eigenvalue weighted by atomic mass is 10.1. The van der Waals surface area contributed by atoms with Crippen LogP contribution in [0.3, 0.4) is 0 Å². The van der Waals surface area contributed by atoms with Crippen molar-refractivity contribution < 1.29 is 9.15 Å². The van der Waals surface area contributed by atoms with Gasteiger partial charge in [0.15, 0.2) is 5.58 Å². The fourth-order valence-corrected chi connectivity index (χ4v) is 2.05. The van der Waals surface area contributed by atoms with Gasteiger partial charge in [-0.3, -0.25) is 0 Å². The Morgan fingerprint density at radius 3 is 2.88 bits per heavy atom. The van der Waals surface area contributed by atoms with Gasteiger partial charge in [0, 0.05) is 19.3 Å². The molecule has 0 spiro atoms. The summed E-state index contributed by atoms with van der Waals surface area (Å²) in [7, 11) is 0. The summed E-state index contributed by atoms with van der Waals surface area (Å²) in [5, 5.41) is 3.28. The molecule has 0 saturated carbocycles. The van der Waals surface area contributed by atoms with Crippen molar-refractivity contribution in [3.8, 4) is 0 Å². The molecule has 1 saturated heterocycles. The number of anilines is 2. The lowest BCUT2D eigenvalue weighted by Crippen LogP contribution is -2.27. The van der Waals surface area contributed by atoms with Crippen LogP contribution in [0.1, 0.15) is 12.8 Å². The van der Waals surface area contributed by atoms with Gasteiger partial charge in [-0.2, -0.15) is 4.98 Å². The number of benzene rings is 1. The molecule has 3 rings (SSSR count). The summed E-state index contributed by atoms with van der Waals surface area (Å²) in [4.78, 5) is 4.36. The van der Waals surface area contributed by atoms with Gasteiger partial charge in [0.05, 0.1) is 5.69 Å². The lowest BCUT2D eigenvalue weighted by Gasteiger charge is -2.21. The third kappa shape index (κ3) is 2.06. The van der Waals surface area contributed by atoms with Gasteiger partial charge in [-0.25, -0.2) is 0 Å². The SMILES string of the molecule is Nc1cccc2oc(NC3CCOCC3)nc12. The van der Waals surface area contributed by atoms with Crippen LogP contribution in [-0.4, -0.2) is 24.2 Å². The molecular formula is C12H15N3O2. The lowest BCUT2D eigenvalue weighted by molar-refractivity contribution is 0.0900. The number of ether oxygens (including phenoxy) is 1. The van der Waals surface area contributed by atoms with Crippen molar-refractivity contribution in [2.24, 2.45) is 0 Å². The molecule has 0 atom stereocenters. The highest BCUT2D eigenvalue weighted by molar-refractivity contribution is 5.86. The molecule has 2 heterocycles. The molecule has 1 fully saturated rings. The molecule has 1 aromatic carbocycles. The minimum atomic E-state index is 0.373. The summed E-state index contributed by atoms with van der Waals surface area (Å²) < 4.78 is 10.9. The Kier molecular flexibility index (Phi) is 2.60. The van der Waals surface area contributed by atoms with E-state index in [4.69, 9.17) is 14.9 Å². The predicted octanol–water partition coefficient (Wildman–Crippen LogP) is 2.00. The summed E-state index contributed by atoms with van der Waals surface area (Å²) in [5.41, 5.74) is 7.92. The molecule has 0 unspecified atom stereocenters. The summed E-state index contributed by atoms with van der Waals surface area (Å²) in [6.07, 6.45) is 1.96. The maximum Gasteiger partial charge on any atom is 0.295 e. The van der Waals surface area contributed by atoms with E-state index < -0.39 is 0 Å². The van der Waals surface area contributed by atoms with Gasteiger partial charge in [0.25, 0.3) is 6.01 Å². The molecule has 3 N–H and O–H groups in total. The topological polar surface area (TPSA) is 73.3 Å². The summed E-state index contributed by atoms with van der Waals surface area (Å²) in [6, 6.07) is 6.47. The number of fused-ring (bicyclic) bond motifs is 1. The molecule has 5 heteroatoms. The fraction of sp³-hybridized carbons (Fsp3) is 0.417. The minimum absolute atomic E-state index is 0.373. The molecule has 1 aliphatic rings. The molecule has 0 amide bonds. The van der Waals surface area contributed by atoms with Gasteiger partial charge >= 0.3 is 0 Å². The van der Waals surface area contributed by atoms with Crippen molar-refractivity contribution in [2.75, 3.05) is 24.3 Å². The first kappa shape index (κ1) is 10.4. The molecular weight excluding hydrogens is 218 g/mol. The standard InChI is InChI=1S/C12H15N3O2/c13-9-2-1-3-10-11(9)15-12(17-10)14-8-4-6-16-7-5-8/h1-3,8H,4-7,13H2,(H,14,15). The monoisotopic (exact) mass is 233 g/mol. The van der Waals surface area contributed by atoms with E-state index in [1.165, 1.54) is 0 Å². The Morgan fingerprint density at radius 2 is 2.12 bits per heavy atom. The molecule has 0 radical (unpaired) electrons. The number of rotatable bonds is 2. The van der Waals surface area contributed by atoms with Crippen LogP contribution < -0.4 is 11.1 Å². The first-order chi connectivity index (χ1) is 8.33. The molecule has 90 valence electrons. The second-order valence-corrected chi connectivity index (χ2v) is 4.24. The number of nitrogens with two attached hydrogens (primary N) is 1. The fourth-order valence-electron chi connectivity index (χ4n) is 2.05. The summed E-state index contributed by atoms with van der Waals surface area (Å²) in [6.45, 7) is 1.58. The van der Waals surface area contributed by atoms with Crippen LogP contribution in [0.15, 0.2) is 22.6 Å². The van der Waals surface area contributed by atoms with E-state index in [1.807, 2.05) is 18.2 Å². The predicted molar refractivity (Wildman–Crippen MR) is 65.9 cm³/mol. The Morgan fingerprint density at radius 1 is 1.29 bits per heavy atom. The number of nitrogens with one attached hydrogen (secondary N) is 1. The van der Waals surface area contributed by atoms with Crippen LogP contribution in [-0.2, 0) is 4.74 Å². The van der Waals surface area contributed by atoms with Gasteiger partial charge in [-0.15, -0.1) is 0 Å². The molecule has 5 nitrogen and oxygen atoms in total. The van der Waals surface area contributed by atoms with E-state index in [0.717, 1.165) is 37.2 Å². The number of hydrogen-bond donors (Lipinski definition) is 2. The van der Waals surface area contributed by atoms with Crippen molar-refractivity contribution in [1.82, 2.24) is 4.98 Å². The molecule has 17 heavy (non-hydrogen) atoms. The quantitative estimate of drug-likeness (QED) is 0.776. The number of nitrogens with zero attached hydrogens (tertiary/aromatic N) is 1. The molecule has 2 aromatic rings. The van der Waals surface area contributed by atoms with Gasteiger partial charge in [0.2, 0.25) is 0 Å². The number of para-hydroxylation sites is 1. The third-order valence-electron chi connectivity index (χ3n) is 3.00. The Labute approximate surface area is 98.9 Å². The smallest absolute Gasteiger partial charge is 0.295 e. The Bertz CT molecular complexity index is 517. The van der Waals surface area contributed by atoms with Crippen LogP contribution >= 0.6 is 0 Å². The molecule has 1 aliphatic heterocycles. The highest BCUT2D eigenvalue weighted by Gasteiger charge is 2.16. The van der Waals surface area contributed by atoms with E-state index in [1.54, 1.807) is 0 Å². The van der Waals surface area contributed by atoms with Crippen LogP contribution in [0.5, 0.6) is 0 Å². The second kappa shape index (κ2) is 4.25. The van der Waals surface area contributed by atoms with Gasteiger partial charge in [-0.1, -0.05) is 6.07 Å². The van der Waals surface area contributed by atoms with E-state index in [2.05, 4.69) is 10.3 Å². The van der Waals surface area contributed by atoms with E-state index in [0.29, 0.717) is 17.7 Å². The Balaban J connectivity index is 1.83. The van der Waals surface area contributed by atoms with E-state index in [-0.39, 0.29) is 0 Å². The van der Waals surface area contributed by atoms with Crippen molar-refractivity contribution >= 4 is 22.8 Å². The number of nitrogen functional groups attached to an aromatic ring is 1. The molecule has 0 aliphatic carbocycles. The maximum absolute atomic E-state index is 5.83. The first-order valence-electron chi connectivity index (χ1n) is 5.82. The van der Waals surface area contributed by atoms with Gasteiger partial charge < -0.3 is 20.2 Å². The number of oxazole rings is 1. The van der Waals surface area contributed by atoms with Crippen molar-refractivity contribution in [3.63, 3.8) is 0 Å². The zero-order valence-corrected chi connectivity index (χ0v) is 9.48. The van der Waals surface area contributed by atoms with Crippen molar-refractivity contribution in [3.05, 3.63) is 18.2 Å². The second-order valence-electron chi connectivity index (χ2n) is 4.24. The van der Waals surface area contributed by atoms with Crippen LogP contribution in [0.2, 0.25) is 0 Å². The average molecular weight is 233 g/mol. The van der Waals surface area contributed by atoms with Crippen LogP contribution in [0.25, 0.3) is 11.1 Å². The highest BCUT2D eigenvalue weighted by atomic mass is 16.5. The molecule has 0 bridgehead atoms. The van der Waals surface area contributed by atoms with Gasteiger partial charge in [0.1, 0.15) is 5.52 Å². The van der Waals surface area contributed by atoms with Gasteiger partial charge in [-0.05, 0) is 25.0 Å².